The van der Waals surface area contributed by atoms with Gasteiger partial charge < -0.3 is 14.5 Å². The van der Waals surface area contributed by atoms with Gasteiger partial charge in [0.15, 0.2) is 0 Å². The van der Waals surface area contributed by atoms with Gasteiger partial charge in [-0.2, -0.15) is 0 Å². The van der Waals surface area contributed by atoms with Crippen LogP contribution in [-0.4, -0.2) is 13.2 Å². The maximum absolute atomic E-state index is 4.90. The molecule has 6 radical (unpaired) electrons. The van der Waals surface area contributed by atoms with Crippen LogP contribution in [0.1, 0.15) is 101 Å². The monoisotopic (exact) mass is 681 g/mol. The van der Waals surface area contributed by atoms with Gasteiger partial charge in [-0.05, 0) is 72.6 Å². The fraction of sp³-hybridized carbons (Fsp3) is 0.424. The Labute approximate surface area is 242 Å². The average Bonchev–Trinajstić information content (AvgIpc) is 3.33. The van der Waals surface area contributed by atoms with Crippen molar-refractivity contribution in [3.8, 4) is 0 Å². The summed E-state index contributed by atoms with van der Waals surface area (Å²) in [6.45, 7) is 30.0. The zero-order valence-electron chi connectivity index (χ0n) is 24.0. The van der Waals surface area contributed by atoms with Crippen LogP contribution >= 0.6 is 0 Å². The minimum absolute atomic E-state index is 0. The van der Waals surface area contributed by atoms with Crippen LogP contribution in [0.25, 0.3) is 0 Å². The van der Waals surface area contributed by atoms with E-state index < -0.39 is 0 Å². The zero-order chi connectivity index (χ0) is 26.8. The van der Waals surface area contributed by atoms with Gasteiger partial charge in [-0.1, -0.05) is 91.8 Å². The maximum Gasteiger partial charge on any atom is 0.217 e. The summed E-state index contributed by atoms with van der Waals surface area (Å²) in [5, 5.41) is 0. The largest absolute Gasteiger partial charge is 0.381 e. The van der Waals surface area contributed by atoms with Crippen molar-refractivity contribution in [1.29, 1.82) is 0 Å². The molecular formula is C33H46N2OPt. The standard InChI is InChI=1S/C27H36N2.C6H10O.Pt/c1-18(2)22-11-9-12-23(19(3)4)26(22)28-15-16-29(17-28)27-24(20(5)6)13-10-14-25(27)21(7)8;1-3-5-7-6-4-2;/h9-16,18-21H,1-8H3;3-4H,1-2,5-6H2;. The number of benzene rings is 2. The molecule has 204 valence electrons. The average molecular weight is 682 g/mol. The molecule has 3 rings (SSSR count). The third kappa shape index (κ3) is 9.00. The molecule has 1 aliphatic heterocycles. The Bertz CT molecular complexity index is 837. The van der Waals surface area contributed by atoms with Gasteiger partial charge in [0.05, 0.1) is 11.4 Å². The van der Waals surface area contributed by atoms with E-state index in [1.54, 1.807) is 12.8 Å². The van der Waals surface area contributed by atoms with Crippen molar-refractivity contribution in [3.63, 3.8) is 0 Å². The Morgan fingerprint density at radius 3 is 1.19 bits per heavy atom. The predicted octanol–water partition coefficient (Wildman–Crippen LogP) is 9.05. The molecule has 4 heteroatoms. The number of nitrogens with zero attached hydrogens (tertiary/aromatic N) is 2. The molecule has 37 heavy (non-hydrogen) atoms. The van der Waals surface area contributed by atoms with Crippen molar-refractivity contribution in [2.75, 3.05) is 23.0 Å². The second-order valence-corrected chi connectivity index (χ2v) is 10.4. The summed E-state index contributed by atoms with van der Waals surface area (Å²) in [5.41, 5.74) is 8.05. The van der Waals surface area contributed by atoms with E-state index in [4.69, 9.17) is 4.74 Å². The minimum Gasteiger partial charge on any atom is -0.381 e. The van der Waals surface area contributed by atoms with Crippen molar-refractivity contribution in [3.05, 3.63) is 104 Å². The molecule has 0 atom stereocenters. The van der Waals surface area contributed by atoms with Crippen molar-refractivity contribution in [2.45, 2.75) is 79.1 Å². The molecule has 0 amide bonds. The van der Waals surface area contributed by atoms with Crippen LogP contribution in [0, 0.1) is 33.4 Å². The molecule has 0 spiro atoms. The predicted molar refractivity (Wildman–Crippen MR) is 157 cm³/mol. The van der Waals surface area contributed by atoms with Crippen LogP contribution in [0.2, 0.25) is 0 Å². The van der Waals surface area contributed by atoms with Crippen LogP contribution in [-0.2, 0) is 25.8 Å². The molecule has 1 aliphatic rings. The number of hydrogen-bond acceptors (Lipinski definition) is 3. The van der Waals surface area contributed by atoms with E-state index in [-0.39, 0.29) is 21.1 Å². The second-order valence-electron chi connectivity index (χ2n) is 10.4. The van der Waals surface area contributed by atoms with Crippen molar-refractivity contribution >= 4 is 11.4 Å². The topological polar surface area (TPSA) is 15.7 Å². The third-order valence-corrected chi connectivity index (χ3v) is 6.22. The molecule has 0 saturated carbocycles. The summed E-state index contributed by atoms with van der Waals surface area (Å²) >= 11 is 0. The van der Waals surface area contributed by atoms with Crippen molar-refractivity contribution < 1.29 is 25.8 Å². The van der Waals surface area contributed by atoms with E-state index in [0.717, 1.165) is 0 Å². The van der Waals surface area contributed by atoms with E-state index in [2.05, 4.69) is 135 Å². The molecule has 2 aromatic rings. The van der Waals surface area contributed by atoms with Gasteiger partial charge in [0, 0.05) is 46.7 Å². The molecule has 0 fully saturated rings. The fourth-order valence-corrected chi connectivity index (χ4v) is 4.38. The normalized spacial score (nSPS) is 13.0. The number of rotatable bonds is 10. The van der Waals surface area contributed by atoms with Gasteiger partial charge in [0.1, 0.15) is 0 Å². The molecule has 0 saturated heterocycles. The molecule has 3 nitrogen and oxygen atoms in total. The summed E-state index contributed by atoms with van der Waals surface area (Å²) in [7, 11) is 0. The van der Waals surface area contributed by atoms with Gasteiger partial charge >= 0.3 is 0 Å². The summed E-state index contributed by atoms with van der Waals surface area (Å²) in [4.78, 5) is 4.40. The molecule has 0 aromatic heterocycles. The summed E-state index contributed by atoms with van der Waals surface area (Å²) in [6, 6.07) is 13.4. The van der Waals surface area contributed by atoms with Gasteiger partial charge in [0.25, 0.3) is 0 Å². The van der Waals surface area contributed by atoms with Crippen LogP contribution in [0.3, 0.4) is 0 Å². The molecular weight excluding hydrogens is 635 g/mol. The fourth-order valence-electron chi connectivity index (χ4n) is 4.38. The maximum atomic E-state index is 4.90. The Hall–Kier alpha value is -1.57. The molecule has 0 bridgehead atoms. The zero-order valence-corrected chi connectivity index (χ0v) is 26.3. The molecule has 0 N–H and O–H groups in total. The smallest absolute Gasteiger partial charge is 0.217 e. The van der Waals surface area contributed by atoms with Crippen LogP contribution in [0.15, 0.2) is 48.8 Å². The first-order valence-electron chi connectivity index (χ1n) is 13.2. The van der Waals surface area contributed by atoms with Crippen LogP contribution < -0.4 is 9.80 Å². The van der Waals surface area contributed by atoms with E-state index in [1.165, 1.54) is 33.6 Å². The molecule has 1 heterocycles. The number of hydrogen-bond donors (Lipinski definition) is 0. The molecule has 2 aromatic carbocycles. The first-order chi connectivity index (χ1) is 17.1. The number of ether oxygens (including phenoxy) is 1. The van der Waals surface area contributed by atoms with Gasteiger partial charge in [-0.3, -0.25) is 0 Å². The van der Waals surface area contributed by atoms with E-state index in [1.807, 2.05) is 0 Å². The van der Waals surface area contributed by atoms with Crippen LogP contribution in [0.4, 0.5) is 11.4 Å². The SMILES string of the molecule is CC(C)c1cccc(C(C)C)c1N1[C]N(c2c(C(C)C)cccc2C(C)C)C=C1.[CH2][CH]COC[CH][CH2].[Pt]. The summed E-state index contributed by atoms with van der Waals surface area (Å²) in [6.07, 6.45) is 7.75. The Morgan fingerprint density at radius 2 is 0.946 bits per heavy atom. The number of anilines is 2. The Morgan fingerprint density at radius 1 is 0.649 bits per heavy atom. The van der Waals surface area contributed by atoms with Gasteiger partial charge in [-0.15, -0.1) is 0 Å². The summed E-state index contributed by atoms with van der Waals surface area (Å²) in [5.74, 6) is 1.84. The van der Waals surface area contributed by atoms with Gasteiger partial charge in [-0.25, -0.2) is 0 Å². The minimum atomic E-state index is 0. The molecule has 0 unspecified atom stereocenters. The van der Waals surface area contributed by atoms with E-state index >= 15 is 0 Å². The van der Waals surface area contributed by atoms with Gasteiger partial charge in [0.2, 0.25) is 6.67 Å². The van der Waals surface area contributed by atoms with E-state index in [9.17, 15) is 0 Å². The second kappa shape index (κ2) is 16.4. The quantitative estimate of drug-likeness (QED) is 0.233. The third-order valence-electron chi connectivity index (χ3n) is 6.22. The molecule has 0 aliphatic carbocycles. The first-order valence-corrected chi connectivity index (χ1v) is 13.2. The van der Waals surface area contributed by atoms with Crippen LogP contribution in [0.5, 0.6) is 0 Å². The summed E-state index contributed by atoms with van der Waals surface area (Å²) < 4.78 is 4.90. The Balaban J connectivity index is 0.000000754. The van der Waals surface area contributed by atoms with Crippen molar-refractivity contribution in [2.24, 2.45) is 0 Å². The Kier molecular flexibility index (Phi) is 14.8. The number of para-hydroxylation sites is 2. The van der Waals surface area contributed by atoms with E-state index in [0.29, 0.717) is 36.9 Å². The van der Waals surface area contributed by atoms with Crippen molar-refractivity contribution in [1.82, 2.24) is 0 Å². The first kappa shape index (κ1) is 33.5.